The molecule has 1 atom stereocenters. The van der Waals surface area contributed by atoms with Crippen molar-refractivity contribution in [1.29, 1.82) is 0 Å². The van der Waals surface area contributed by atoms with Crippen molar-refractivity contribution >= 4 is 27.5 Å². The molecule has 1 fully saturated rings. The van der Waals surface area contributed by atoms with E-state index in [1.54, 1.807) is 6.20 Å². The Bertz CT molecular complexity index is 820. The molecule has 1 unspecified atom stereocenters. The van der Waals surface area contributed by atoms with Gasteiger partial charge in [0.15, 0.2) is 0 Å². The van der Waals surface area contributed by atoms with E-state index in [4.69, 9.17) is 4.74 Å². The molecule has 118 valence electrons. The molecule has 1 N–H and O–H groups in total. The summed E-state index contributed by atoms with van der Waals surface area (Å²) in [6.07, 6.45) is 7.88. The molecular formula is C17H17N3O2S. The Hall–Kier alpha value is -2.18. The van der Waals surface area contributed by atoms with Gasteiger partial charge in [0.2, 0.25) is 0 Å². The number of thiophene rings is 1. The van der Waals surface area contributed by atoms with Crippen LogP contribution in [0.4, 0.5) is 0 Å². The molecule has 3 aromatic heterocycles. The summed E-state index contributed by atoms with van der Waals surface area (Å²) < 4.78 is 7.55. The van der Waals surface area contributed by atoms with Crippen molar-refractivity contribution in [3.8, 4) is 5.69 Å². The molecule has 1 saturated heterocycles. The summed E-state index contributed by atoms with van der Waals surface area (Å²) >= 11 is 1.43. The van der Waals surface area contributed by atoms with Gasteiger partial charge in [0.1, 0.15) is 9.71 Å². The highest BCUT2D eigenvalue weighted by Crippen LogP contribution is 2.33. The van der Waals surface area contributed by atoms with E-state index in [-0.39, 0.29) is 12.0 Å². The van der Waals surface area contributed by atoms with Crippen LogP contribution in [0.2, 0.25) is 0 Å². The maximum Gasteiger partial charge on any atom is 0.263 e. The van der Waals surface area contributed by atoms with Gasteiger partial charge in [-0.3, -0.25) is 4.79 Å². The van der Waals surface area contributed by atoms with Crippen LogP contribution in [0.15, 0.2) is 42.9 Å². The molecule has 0 aromatic carbocycles. The quantitative estimate of drug-likeness (QED) is 0.801. The zero-order chi connectivity index (χ0) is 15.6. The maximum atomic E-state index is 12.7. The number of ether oxygens (including phenoxy) is 1. The molecule has 1 aliphatic rings. The van der Waals surface area contributed by atoms with Crippen LogP contribution in [-0.2, 0) is 4.74 Å². The van der Waals surface area contributed by atoms with Gasteiger partial charge in [-0.1, -0.05) is 0 Å². The SMILES string of the molecule is O=C(NCC1CCCO1)c1sc2ncccc2c1-n1cccc1. The van der Waals surface area contributed by atoms with E-state index < -0.39 is 0 Å². The molecule has 6 heteroatoms. The highest BCUT2D eigenvalue weighted by atomic mass is 32.1. The van der Waals surface area contributed by atoms with Gasteiger partial charge in [-0.25, -0.2) is 4.98 Å². The third-order valence-electron chi connectivity index (χ3n) is 4.02. The van der Waals surface area contributed by atoms with Crippen molar-refractivity contribution in [2.24, 2.45) is 0 Å². The van der Waals surface area contributed by atoms with Crippen LogP contribution in [0, 0.1) is 0 Å². The lowest BCUT2D eigenvalue weighted by Gasteiger charge is -2.11. The minimum atomic E-state index is -0.0628. The molecule has 0 aliphatic carbocycles. The predicted octanol–water partition coefficient (Wildman–Crippen LogP) is 3.00. The van der Waals surface area contributed by atoms with E-state index in [2.05, 4.69) is 10.3 Å². The summed E-state index contributed by atoms with van der Waals surface area (Å²) in [4.78, 5) is 18.6. The zero-order valence-corrected chi connectivity index (χ0v) is 13.4. The van der Waals surface area contributed by atoms with E-state index in [0.29, 0.717) is 11.4 Å². The van der Waals surface area contributed by atoms with Crippen LogP contribution >= 0.6 is 11.3 Å². The first kappa shape index (κ1) is 14.4. The lowest BCUT2D eigenvalue weighted by Crippen LogP contribution is -2.31. The smallest absolute Gasteiger partial charge is 0.263 e. The predicted molar refractivity (Wildman–Crippen MR) is 90.3 cm³/mol. The van der Waals surface area contributed by atoms with Gasteiger partial charge in [0, 0.05) is 37.1 Å². The number of nitrogens with one attached hydrogen (secondary N) is 1. The second kappa shape index (κ2) is 6.14. The second-order valence-corrected chi connectivity index (χ2v) is 6.57. The van der Waals surface area contributed by atoms with Crippen LogP contribution in [0.3, 0.4) is 0 Å². The Morgan fingerprint density at radius 1 is 1.39 bits per heavy atom. The molecule has 4 heterocycles. The molecule has 4 rings (SSSR count). The number of rotatable bonds is 4. The first-order chi connectivity index (χ1) is 11.3. The summed E-state index contributed by atoms with van der Waals surface area (Å²) in [5, 5.41) is 4.01. The normalized spacial score (nSPS) is 17.7. The van der Waals surface area contributed by atoms with Crippen molar-refractivity contribution in [3.63, 3.8) is 0 Å². The van der Waals surface area contributed by atoms with Crippen LogP contribution in [-0.4, -0.2) is 34.7 Å². The largest absolute Gasteiger partial charge is 0.376 e. The number of pyridine rings is 1. The first-order valence-corrected chi connectivity index (χ1v) is 8.55. The van der Waals surface area contributed by atoms with Crippen molar-refractivity contribution in [1.82, 2.24) is 14.9 Å². The summed E-state index contributed by atoms with van der Waals surface area (Å²) in [5.41, 5.74) is 0.896. The van der Waals surface area contributed by atoms with E-state index in [1.165, 1.54) is 11.3 Å². The number of amides is 1. The first-order valence-electron chi connectivity index (χ1n) is 7.73. The van der Waals surface area contributed by atoms with Gasteiger partial charge in [-0.2, -0.15) is 0 Å². The number of nitrogens with zero attached hydrogens (tertiary/aromatic N) is 2. The van der Waals surface area contributed by atoms with Gasteiger partial charge in [-0.05, 0) is 37.1 Å². The van der Waals surface area contributed by atoms with Crippen molar-refractivity contribution in [2.75, 3.05) is 13.2 Å². The number of carbonyl (C=O) groups excluding carboxylic acids is 1. The van der Waals surface area contributed by atoms with Gasteiger partial charge in [0.25, 0.3) is 5.91 Å². The summed E-state index contributed by atoms with van der Waals surface area (Å²) in [6.45, 7) is 1.35. The Morgan fingerprint density at radius 3 is 3.04 bits per heavy atom. The Labute approximate surface area is 137 Å². The number of carbonyl (C=O) groups is 1. The minimum absolute atomic E-state index is 0.0628. The van der Waals surface area contributed by atoms with Crippen molar-refractivity contribution < 1.29 is 9.53 Å². The fourth-order valence-electron chi connectivity index (χ4n) is 2.91. The highest BCUT2D eigenvalue weighted by Gasteiger charge is 2.22. The van der Waals surface area contributed by atoms with E-state index >= 15 is 0 Å². The van der Waals surface area contributed by atoms with Gasteiger partial charge >= 0.3 is 0 Å². The Kier molecular flexibility index (Phi) is 3.85. The lowest BCUT2D eigenvalue weighted by molar-refractivity contribution is 0.0861. The monoisotopic (exact) mass is 327 g/mol. The van der Waals surface area contributed by atoms with Crippen LogP contribution in [0.5, 0.6) is 0 Å². The molecular weight excluding hydrogens is 310 g/mol. The summed E-state index contributed by atoms with van der Waals surface area (Å²) in [6, 6.07) is 7.81. The second-order valence-electron chi connectivity index (χ2n) is 5.57. The number of hydrogen-bond acceptors (Lipinski definition) is 4. The standard InChI is InChI=1S/C17H17N3O2S/c21-16(19-11-12-5-4-10-22-12)15-14(20-8-1-2-9-20)13-6-3-7-18-17(13)23-15/h1-3,6-9,12H,4-5,10-11H2,(H,19,21). The number of hydrogen-bond donors (Lipinski definition) is 1. The Morgan fingerprint density at radius 2 is 2.26 bits per heavy atom. The lowest BCUT2D eigenvalue weighted by atomic mass is 10.2. The van der Waals surface area contributed by atoms with E-state index in [1.807, 2.05) is 41.2 Å². The summed E-state index contributed by atoms with van der Waals surface area (Å²) in [5.74, 6) is -0.0628. The minimum Gasteiger partial charge on any atom is -0.376 e. The maximum absolute atomic E-state index is 12.7. The topological polar surface area (TPSA) is 56.1 Å². The Balaban J connectivity index is 1.68. The molecule has 0 spiro atoms. The molecule has 3 aromatic rings. The van der Waals surface area contributed by atoms with E-state index in [9.17, 15) is 4.79 Å². The van der Waals surface area contributed by atoms with E-state index in [0.717, 1.165) is 35.4 Å². The third-order valence-corrected chi connectivity index (χ3v) is 5.12. The molecule has 0 radical (unpaired) electrons. The van der Waals surface area contributed by atoms with Crippen LogP contribution in [0.25, 0.3) is 15.9 Å². The highest BCUT2D eigenvalue weighted by molar-refractivity contribution is 7.21. The van der Waals surface area contributed by atoms with Gasteiger partial charge < -0.3 is 14.6 Å². The average Bonchev–Trinajstić information content (AvgIpc) is 3.30. The molecule has 23 heavy (non-hydrogen) atoms. The average molecular weight is 327 g/mol. The fraction of sp³-hybridized carbons (Fsp3) is 0.294. The van der Waals surface area contributed by atoms with Crippen molar-refractivity contribution in [2.45, 2.75) is 18.9 Å². The van der Waals surface area contributed by atoms with Gasteiger partial charge in [-0.15, -0.1) is 11.3 Å². The fourth-order valence-corrected chi connectivity index (χ4v) is 3.96. The van der Waals surface area contributed by atoms with Gasteiger partial charge in [0.05, 0.1) is 11.8 Å². The molecule has 1 aliphatic heterocycles. The van der Waals surface area contributed by atoms with Crippen LogP contribution < -0.4 is 5.32 Å². The number of aromatic nitrogens is 2. The van der Waals surface area contributed by atoms with Crippen LogP contribution in [0.1, 0.15) is 22.5 Å². The number of fused-ring (bicyclic) bond motifs is 1. The molecule has 1 amide bonds. The molecule has 0 bridgehead atoms. The molecule has 0 saturated carbocycles. The summed E-state index contributed by atoms with van der Waals surface area (Å²) in [7, 11) is 0. The zero-order valence-electron chi connectivity index (χ0n) is 12.6. The molecule has 5 nitrogen and oxygen atoms in total. The van der Waals surface area contributed by atoms with Crippen molar-refractivity contribution in [3.05, 3.63) is 47.7 Å². The third kappa shape index (κ3) is 2.75.